The van der Waals surface area contributed by atoms with Crippen LogP contribution in [0.25, 0.3) is 0 Å². The van der Waals surface area contributed by atoms with Gasteiger partial charge in [0.1, 0.15) is 0 Å². The van der Waals surface area contributed by atoms with Gasteiger partial charge in [-0.15, -0.1) is 0 Å². The highest BCUT2D eigenvalue weighted by Gasteiger charge is 2.30. The van der Waals surface area contributed by atoms with Crippen LogP contribution in [0.5, 0.6) is 0 Å². The van der Waals surface area contributed by atoms with Crippen LogP contribution >= 0.6 is 0 Å². The third kappa shape index (κ3) is 2.59. The molecule has 0 spiro atoms. The van der Waals surface area contributed by atoms with Crippen LogP contribution in [0.4, 0.5) is 0 Å². The Morgan fingerprint density at radius 3 is 2.78 bits per heavy atom. The van der Waals surface area contributed by atoms with E-state index >= 15 is 0 Å². The van der Waals surface area contributed by atoms with Crippen LogP contribution < -0.4 is 5.32 Å². The highest BCUT2D eigenvalue weighted by molar-refractivity contribution is 5.07. The van der Waals surface area contributed by atoms with Crippen molar-refractivity contribution < 1.29 is 0 Å². The molecule has 4 heteroatoms. The van der Waals surface area contributed by atoms with Crippen LogP contribution in [0.3, 0.4) is 0 Å². The number of rotatable bonds is 4. The first kappa shape index (κ1) is 13.6. The molecule has 18 heavy (non-hydrogen) atoms. The molecule has 3 atom stereocenters. The average Bonchev–Trinajstić information content (AvgIpc) is 2.83. The minimum Gasteiger partial charge on any atom is -0.311 e. The van der Waals surface area contributed by atoms with E-state index in [1.807, 2.05) is 17.9 Å². The van der Waals surface area contributed by atoms with Gasteiger partial charge in [0, 0.05) is 44.5 Å². The topological polar surface area (TPSA) is 33.1 Å². The average molecular weight is 250 g/mol. The highest BCUT2D eigenvalue weighted by Crippen LogP contribution is 2.25. The van der Waals surface area contributed by atoms with Gasteiger partial charge in [-0.2, -0.15) is 5.10 Å². The van der Waals surface area contributed by atoms with Gasteiger partial charge in [-0.3, -0.25) is 9.58 Å². The number of hydrogen-bond acceptors (Lipinski definition) is 3. The Bertz CT molecular complexity index is 374. The van der Waals surface area contributed by atoms with Crippen molar-refractivity contribution in [3.63, 3.8) is 0 Å². The van der Waals surface area contributed by atoms with Crippen LogP contribution in [0.1, 0.15) is 45.3 Å². The third-order valence-corrected chi connectivity index (χ3v) is 4.29. The highest BCUT2D eigenvalue weighted by atomic mass is 15.3. The molecule has 1 aromatic heterocycles. The molecule has 0 bridgehead atoms. The van der Waals surface area contributed by atoms with E-state index in [1.54, 1.807) is 0 Å². The predicted octanol–water partition coefficient (Wildman–Crippen LogP) is 1.94. The maximum Gasteiger partial charge on any atom is 0.0549 e. The normalized spacial score (nSPS) is 27.3. The molecule has 1 aliphatic heterocycles. The SMILES string of the molecule is CCC1CN(C(C)c2ccnn2C)C(CC)CN1. The van der Waals surface area contributed by atoms with Crippen molar-refractivity contribution in [2.45, 2.75) is 51.7 Å². The molecule has 0 amide bonds. The van der Waals surface area contributed by atoms with Gasteiger partial charge >= 0.3 is 0 Å². The maximum atomic E-state index is 4.30. The number of piperazine rings is 1. The van der Waals surface area contributed by atoms with E-state index in [1.165, 1.54) is 18.5 Å². The Balaban J connectivity index is 2.15. The zero-order valence-corrected chi connectivity index (χ0v) is 12.1. The number of nitrogens with one attached hydrogen (secondary N) is 1. The van der Waals surface area contributed by atoms with Crippen LogP contribution in [-0.4, -0.2) is 39.9 Å². The first-order chi connectivity index (χ1) is 8.67. The number of aryl methyl sites for hydroxylation is 1. The second-order valence-electron chi connectivity index (χ2n) is 5.33. The minimum absolute atomic E-state index is 0.443. The molecule has 2 heterocycles. The van der Waals surface area contributed by atoms with E-state index in [9.17, 15) is 0 Å². The lowest BCUT2D eigenvalue weighted by atomic mass is 10.0. The standard InChI is InChI=1S/C14H26N4/c1-5-12-10-18(13(6-2)9-15-12)11(3)14-7-8-16-17(14)4/h7-8,11-13,15H,5-6,9-10H2,1-4H3. The molecule has 4 nitrogen and oxygen atoms in total. The van der Waals surface area contributed by atoms with Crippen LogP contribution in [0.2, 0.25) is 0 Å². The van der Waals surface area contributed by atoms with E-state index in [4.69, 9.17) is 0 Å². The predicted molar refractivity (Wildman–Crippen MR) is 74.5 cm³/mol. The zero-order valence-electron chi connectivity index (χ0n) is 12.1. The van der Waals surface area contributed by atoms with Crippen molar-refractivity contribution in [3.05, 3.63) is 18.0 Å². The van der Waals surface area contributed by atoms with Crippen molar-refractivity contribution in [1.29, 1.82) is 0 Å². The number of hydrogen-bond donors (Lipinski definition) is 1. The molecule has 1 saturated heterocycles. The third-order valence-electron chi connectivity index (χ3n) is 4.29. The summed E-state index contributed by atoms with van der Waals surface area (Å²) in [6.07, 6.45) is 4.29. The summed E-state index contributed by atoms with van der Waals surface area (Å²) in [5.74, 6) is 0. The zero-order chi connectivity index (χ0) is 13.1. The molecule has 2 rings (SSSR count). The second-order valence-corrected chi connectivity index (χ2v) is 5.33. The largest absolute Gasteiger partial charge is 0.311 e. The van der Waals surface area contributed by atoms with E-state index in [-0.39, 0.29) is 0 Å². The van der Waals surface area contributed by atoms with Gasteiger partial charge in [0.15, 0.2) is 0 Å². The Hall–Kier alpha value is -0.870. The van der Waals surface area contributed by atoms with Crippen molar-refractivity contribution in [3.8, 4) is 0 Å². The molecule has 0 saturated carbocycles. The monoisotopic (exact) mass is 250 g/mol. The van der Waals surface area contributed by atoms with Crippen LogP contribution in [0.15, 0.2) is 12.3 Å². The van der Waals surface area contributed by atoms with Gasteiger partial charge in [0.2, 0.25) is 0 Å². The lowest BCUT2D eigenvalue weighted by Gasteiger charge is -2.43. The fraction of sp³-hybridized carbons (Fsp3) is 0.786. The van der Waals surface area contributed by atoms with Crippen molar-refractivity contribution in [2.24, 2.45) is 7.05 Å². The first-order valence-electron chi connectivity index (χ1n) is 7.14. The summed E-state index contributed by atoms with van der Waals surface area (Å²) in [5, 5.41) is 7.95. The lowest BCUT2D eigenvalue weighted by molar-refractivity contribution is 0.0814. The quantitative estimate of drug-likeness (QED) is 0.886. The van der Waals surface area contributed by atoms with E-state index < -0.39 is 0 Å². The van der Waals surface area contributed by atoms with Crippen LogP contribution in [-0.2, 0) is 7.05 Å². The molecule has 1 N–H and O–H groups in total. The van der Waals surface area contributed by atoms with Gasteiger partial charge in [-0.1, -0.05) is 13.8 Å². The summed E-state index contributed by atoms with van der Waals surface area (Å²) in [7, 11) is 2.03. The second kappa shape index (κ2) is 5.85. The molecular formula is C14H26N4. The summed E-state index contributed by atoms with van der Waals surface area (Å²) in [6, 6.07) is 3.85. The van der Waals surface area contributed by atoms with E-state index in [0.717, 1.165) is 13.1 Å². The molecule has 3 unspecified atom stereocenters. The molecule has 1 fully saturated rings. The van der Waals surface area contributed by atoms with E-state index in [2.05, 4.69) is 42.2 Å². The van der Waals surface area contributed by atoms with Gasteiger partial charge in [0.25, 0.3) is 0 Å². The molecule has 0 aromatic carbocycles. The molecule has 1 aromatic rings. The summed E-state index contributed by atoms with van der Waals surface area (Å²) in [5.41, 5.74) is 1.31. The van der Waals surface area contributed by atoms with Crippen molar-refractivity contribution in [1.82, 2.24) is 20.0 Å². The van der Waals surface area contributed by atoms with E-state index in [0.29, 0.717) is 18.1 Å². The summed E-state index contributed by atoms with van der Waals surface area (Å²) in [6.45, 7) is 9.09. The van der Waals surface area contributed by atoms with Gasteiger partial charge in [0.05, 0.1) is 5.69 Å². The number of aromatic nitrogens is 2. The van der Waals surface area contributed by atoms with Gasteiger partial charge < -0.3 is 5.32 Å². The minimum atomic E-state index is 0.443. The Labute approximate surface area is 110 Å². The molecule has 0 radical (unpaired) electrons. The molecule has 102 valence electrons. The summed E-state index contributed by atoms with van der Waals surface area (Å²) >= 11 is 0. The Kier molecular flexibility index (Phi) is 4.40. The smallest absolute Gasteiger partial charge is 0.0549 e. The number of nitrogens with zero attached hydrogens (tertiary/aromatic N) is 3. The maximum absolute atomic E-state index is 4.30. The molecule has 1 aliphatic rings. The lowest BCUT2D eigenvalue weighted by Crippen LogP contribution is -2.56. The van der Waals surface area contributed by atoms with Gasteiger partial charge in [-0.25, -0.2) is 0 Å². The molecule has 0 aliphatic carbocycles. The molecular weight excluding hydrogens is 224 g/mol. The first-order valence-corrected chi connectivity index (χ1v) is 7.14. The van der Waals surface area contributed by atoms with Crippen LogP contribution in [0, 0.1) is 0 Å². The Morgan fingerprint density at radius 1 is 1.44 bits per heavy atom. The van der Waals surface area contributed by atoms with Crippen molar-refractivity contribution in [2.75, 3.05) is 13.1 Å². The fourth-order valence-electron chi connectivity index (χ4n) is 2.98. The Morgan fingerprint density at radius 2 is 2.22 bits per heavy atom. The van der Waals surface area contributed by atoms with Gasteiger partial charge in [-0.05, 0) is 25.8 Å². The summed E-state index contributed by atoms with van der Waals surface area (Å²) in [4.78, 5) is 2.64. The van der Waals surface area contributed by atoms with Crippen molar-refractivity contribution >= 4 is 0 Å². The summed E-state index contributed by atoms with van der Waals surface area (Å²) < 4.78 is 2.00. The fourth-order valence-corrected chi connectivity index (χ4v) is 2.98.